The number of nitrogens with two attached hydrogens (primary N) is 1. The molecule has 1 aromatic rings. The normalized spacial score (nSPS) is 12.1. The van der Waals surface area contributed by atoms with Gasteiger partial charge in [0.2, 0.25) is 0 Å². The van der Waals surface area contributed by atoms with Crippen molar-refractivity contribution in [1.82, 2.24) is 9.80 Å². The molecule has 2 amide bonds. The Labute approximate surface area is 133 Å². The number of carbonyl (C=O) groups excluding carboxylic acids is 2. The van der Waals surface area contributed by atoms with Gasteiger partial charge in [0.25, 0.3) is 11.8 Å². The molecular formula is C17H27N3O2. The van der Waals surface area contributed by atoms with E-state index < -0.39 is 0 Å². The van der Waals surface area contributed by atoms with Crippen molar-refractivity contribution in [3.05, 3.63) is 35.4 Å². The zero-order chi connectivity index (χ0) is 16.9. The van der Waals surface area contributed by atoms with Crippen LogP contribution in [0.5, 0.6) is 0 Å². The molecule has 0 fully saturated rings. The second-order valence-electron chi connectivity index (χ2n) is 6.20. The van der Waals surface area contributed by atoms with Crippen molar-refractivity contribution in [1.29, 1.82) is 0 Å². The van der Waals surface area contributed by atoms with Crippen molar-refractivity contribution >= 4 is 11.8 Å². The first-order chi connectivity index (χ1) is 10.2. The molecule has 5 heteroatoms. The Balaban J connectivity index is 2.76. The maximum atomic E-state index is 12.4. The number of rotatable bonds is 6. The van der Waals surface area contributed by atoms with Crippen molar-refractivity contribution in [2.24, 2.45) is 11.7 Å². The van der Waals surface area contributed by atoms with E-state index in [1.165, 1.54) is 4.90 Å². The van der Waals surface area contributed by atoms with Gasteiger partial charge in [0, 0.05) is 44.9 Å². The second-order valence-corrected chi connectivity index (χ2v) is 6.20. The van der Waals surface area contributed by atoms with Crippen LogP contribution < -0.4 is 5.73 Å². The molecule has 0 saturated heterocycles. The van der Waals surface area contributed by atoms with Crippen LogP contribution in [0.25, 0.3) is 0 Å². The Morgan fingerprint density at radius 2 is 1.64 bits per heavy atom. The molecule has 0 bridgehead atoms. The van der Waals surface area contributed by atoms with Crippen molar-refractivity contribution < 1.29 is 9.59 Å². The molecular weight excluding hydrogens is 278 g/mol. The molecule has 0 aliphatic carbocycles. The molecule has 1 unspecified atom stereocenters. The number of benzene rings is 1. The third kappa shape index (κ3) is 4.84. The molecule has 1 rings (SSSR count). The topological polar surface area (TPSA) is 66.6 Å². The molecule has 2 N–H and O–H groups in total. The number of carbonyl (C=O) groups is 2. The molecule has 1 aromatic carbocycles. The SMILES string of the molecule is CC(C)C(N)CCN(C)C(=O)c1cccc(C(=O)N(C)C)c1. The van der Waals surface area contributed by atoms with Crippen LogP contribution in [0.15, 0.2) is 24.3 Å². The molecule has 1 atom stereocenters. The first kappa shape index (κ1) is 18.2. The molecule has 0 aromatic heterocycles. The highest BCUT2D eigenvalue weighted by molar-refractivity contribution is 5.99. The largest absolute Gasteiger partial charge is 0.345 e. The summed E-state index contributed by atoms with van der Waals surface area (Å²) >= 11 is 0. The van der Waals surface area contributed by atoms with Gasteiger partial charge in [-0.15, -0.1) is 0 Å². The van der Waals surface area contributed by atoms with E-state index in [0.717, 1.165) is 6.42 Å². The van der Waals surface area contributed by atoms with Crippen LogP contribution in [0.4, 0.5) is 0 Å². The maximum Gasteiger partial charge on any atom is 0.253 e. The van der Waals surface area contributed by atoms with Gasteiger partial charge >= 0.3 is 0 Å². The lowest BCUT2D eigenvalue weighted by Crippen LogP contribution is -2.34. The minimum Gasteiger partial charge on any atom is -0.345 e. The van der Waals surface area contributed by atoms with Crippen LogP contribution in [-0.2, 0) is 0 Å². The monoisotopic (exact) mass is 305 g/mol. The Hall–Kier alpha value is -1.88. The minimum absolute atomic E-state index is 0.0805. The van der Waals surface area contributed by atoms with Gasteiger partial charge in [-0.2, -0.15) is 0 Å². The summed E-state index contributed by atoms with van der Waals surface area (Å²) in [5.41, 5.74) is 7.05. The fourth-order valence-electron chi connectivity index (χ4n) is 2.04. The predicted octanol–water partition coefficient (Wildman–Crippen LogP) is 1.83. The van der Waals surface area contributed by atoms with E-state index in [9.17, 15) is 9.59 Å². The quantitative estimate of drug-likeness (QED) is 0.872. The molecule has 0 radical (unpaired) electrons. The molecule has 0 aliphatic rings. The number of hydrogen-bond acceptors (Lipinski definition) is 3. The maximum absolute atomic E-state index is 12.4. The predicted molar refractivity (Wildman–Crippen MR) is 88.9 cm³/mol. The van der Waals surface area contributed by atoms with Gasteiger partial charge in [0.15, 0.2) is 0 Å². The second kappa shape index (κ2) is 7.94. The highest BCUT2D eigenvalue weighted by Gasteiger charge is 2.16. The Morgan fingerprint density at radius 3 is 2.14 bits per heavy atom. The summed E-state index contributed by atoms with van der Waals surface area (Å²) in [5, 5.41) is 0. The van der Waals surface area contributed by atoms with Crippen molar-refractivity contribution in [3.63, 3.8) is 0 Å². The number of hydrogen-bond donors (Lipinski definition) is 1. The van der Waals surface area contributed by atoms with Gasteiger partial charge in [-0.3, -0.25) is 9.59 Å². The molecule has 22 heavy (non-hydrogen) atoms. The van der Waals surface area contributed by atoms with Gasteiger partial charge < -0.3 is 15.5 Å². The van der Waals surface area contributed by atoms with E-state index in [4.69, 9.17) is 5.73 Å². The van der Waals surface area contributed by atoms with Crippen molar-refractivity contribution in [2.75, 3.05) is 27.7 Å². The summed E-state index contributed by atoms with van der Waals surface area (Å²) < 4.78 is 0. The van der Waals surface area contributed by atoms with Gasteiger partial charge in [-0.05, 0) is 30.5 Å². The van der Waals surface area contributed by atoms with Gasteiger partial charge in [-0.1, -0.05) is 19.9 Å². The summed E-state index contributed by atoms with van der Waals surface area (Å²) in [6.07, 6.45) is 0.760. The lowest BCUT2D eigenvalue weighted by Gasteiger charge is -2.22. The van der Waals surface area contributed by atoms with E-state index in [2.05, 4.69) is 13.8 Å². The van der Waals surface area contributed by atoms with Gasteiger partial charge in [0.1, 0.15) is 0 Å². The molecule has 5 nitrogen and oxygen atoms in total. The zero-order valence-electron chi connectivity index (χ0n) is 14.2. The van der Waals surface area contributed by atoms with Gasteiger partial charge in [-0.25, -0.2) is 0 Å². The van der Waals surface area contributed by atoms with Crippen LogP contribution in [0.3, 0.4) is 0 Å². The molecule has 122 valence electrons. The molecule has 0 saturated carbocycles. The van der Waals surface area contributed by atoms with Crippen LogP contribution in [0.1, 0.15) is 41.0 Å². The standard InChI is InChI=1S/C17H27N3O2/c1-12(2)15(18)9-10-20(5)17(22)14-8-6-7-13(11-14)16(21)19(3)4/h6-8,11-12,15H,9-10,18H2,1-5H3. The lowest BCUT2D eigenvalue weighted by atomic mass is 10.0. The number of nitrogens with zero attached hydrogens (tertiary/aromatic N) is 2. The van der Waals surface area contributed by atoms with Crippen molar-refractivity contribution in [3.8, 4) is 0 Å². The first-order valence-corrected chi connectivity index (χ1v) is 7.56. The van der Waals surface area contributed by atoms with E-state index >= 15 is 0 Å². The van der Waals surface area contributed by atoms with Crippen LogP contribution in [0, 0.1) is 5.92 Å². The van der Waals surface area contributed by atoms with Crippen molar-refractivity contribution in [2.45, 2.75) is 26.3 Å². The van der Waals surface area contributed by atoms with Gasteiger partial charge in [0.05, 0.1) is 0 Å². The lowest BCUT2D eigenvalue weighted by molar-refractivity contribution is 0.0789. The fourth-order valence-corrected chi connectivity index (χ4v) is 2.04. The third-order valence-corrected chi connectivity index (χ3v) is 3.76. The Morgan fingerprint density at radius 1 is 1.09 bits per heavy atom. The van der Waals surface area contributed by atoms with E-state index in [-0.39, 0.29) is 17.9 Å². The van der Waals surface area contributed by atoms with E-state index in [0.29, 0.717) is 23.6 Å². The first-order valence-electron chi connectivity index (χ1n) is 7.56. The minimum atomic E-state index is -0.112. The summed E-state index contributed by atoms with van der Waals surface area (Å²) in [5.74, 6) is 0.188. The van der Waals surface area contributed by atoms with Crippen LogP contribution >= 0.6 is 0 Å². The summed E-state index contributed by atoms with van der Waals surface area (Å²) in [6.45, 7) is 4.75. The summed E-state index contributed by atoms with van der Waals surface area (Å²) in [6, 6.07) is 6.90. The summed E-state index contributed by atoms with van der Waals surface area (Å²) in [7, 11) is 5.14. The molecule has 0 aliphatic heterocycles. The summed E-state index contributed by atoms with van der Waals surface area (Å²) in [4.78, 5) is 27.5. The smallest absolute Gasteiger partial charge is 0.253 e. The fraction of sp³-hybridized carbons (Fsp3) is 0.529. The average Bonchev–Trinajstić information content (AvgIpc) is 2.50. The number of amides is 2. The Kier molecular flexibility index (Phi) is 6.56. The highest BCUT2D eigenvalue weighted by Crippen LogP contribution is 2.11. The van der Waals surface area contributed by atoms with E-state index in [1.54, 1.807) is 50.3 Å². The zero-order valence-corrected chi connectivity index (χ0v) is 14.2. The van der Waals surface area contributed by atoms with E-state index in [1.807, 2.05) is 0 Å². The van der Waals surface area contributed by atoms with Crippen LogP contribution in [0.2, 0.25) is 0 Å². The molecule has 0 spiro atoms. The molecule has 0 heterocycles. The van der Waals surface area contributed by atoms with Crippen LogP contribution in [-0.4, -0.2) is 55.3 Å². The average molecular weight is 305 g/mol. The highest BCUT2D eigenvalue weighted by atomic mass is 16.2. The third-order valence-electron chi connectivity index (χ3n) is 3.76. The Bertz CT molecular complexity index is 526.